The first-order valence-electron chi connectivity index (χ1n) is 5.58. The molecule has 0 saturated heterocycles. The van der Waals surface area contributed by atoms with Gasteiger partial charge in [-0.3, -0.25) is 4.79 Å². The Balaban J connectivity index is 2.65. The fourth-order valence-electron chi connectivity index (χ4n) is 2.51. The number of hydrogen-bond acceptors (Lipinski definition) is 2. The number of aldehydes is 1. The van der Waals surface area contributed by atoms with Gasteiger partial charge in [0, 0.05) is 10.9 Å². The molecule has 0 aliphatic rings. The topological polar surface area (TPSA) is 30.2 Å². The number of rotatable bonds is 1. The molecule has 0 bridgehead atoms. The molecule has 3 rings (SSSR count). The van der Waals surface area contributed by atoms with Crippen LogP contribution >= 0.6 is 0 Å². The predicted molar refractivity (Wildman–Crippen MR) is 68.6 cm³/mol. The lowest BCUT2D eigenvalue weighted by Gasteiger charge is -2.07. The van der Waals surface area contributed by atoms with Crippen LogP contribution in [0.3, 0.4) is 0 Å². The van der Waals surface area contributed by atoms with E-state index in [0.717, 1.165) is 28.4 Å². The van der Waals surface area contributed by atoms with Gasteiger partial charge in [-0.2, -0.15) is 0 Å². The molecule has 2 nitrogen and oxygen atoms in total. The lowest BCUT2D eigenvalue weighted by Crippen LogP contribution is -1.87. The number of hydrogen-bond donors (Lipinski definition) is 0. The maximum Gasteiger partial charge on any atom is 0.153 e. The summed E-state index contributed by atoms with van der Waals surface area (Å²) in [6, 6.07) is 8.20. The second-order valence-corrected chi connectivity index (χ2v) is 4.31. The zero-order valence-corrected chi connectivity index (χ0v) is 9.78. The standard InChI is InChI=1S/C15H12O2/c1-9-12-5-3-4-6-13(12)10(2)15-14(9)11(7-16)8-17-15/h3-8H,1-2H3. The van der Waals surface area contributed by atoms with E-state index in [1.165, 1.54) is 17.0 Å². The van der Waals surface area contributed by atoms with E-state index in [1.54, 1.807) is 0 Å². The summed E-state index contributed by atoms with van der Waals surface area (Å²) < 4.78 is 5.53. The highest BCUT2D eigenvalue weighted by atomic mass is 16.3. The average Bonchev–Trinajstić information content (AvgIpc) is 2.80. The quantitative estimate of drug-likeness (QED) is 0.584. The van der Waals surface area contributed by atoms with E-state index in [1.807, 2.05) is 26.0 Å². The monoisotopic (exact) mass is 224 g/mol. The van der Waals surface area contributed by atoms with Crippen LogP contribution in [0.25, 0.3) is 21.7 Å². The highest BCUT2D eigenvalue weighted by molar-refractivity contribution is 6.08. The smallest absolute Gasteiger partial charge is 0.153 e. The van der Waals surface area contributed by atoms with E-state index in [0.29, 0.717) is 5.56 Å². The van der Waals surface area contributed by atoms with Crippen LogP contribution in [0.1, 0.15) is 21.5 Å². The van der Waals surface area contributed by atoms with E-state index in [9.17, 15) is 4.79 Å². The van der Waals surface area contributed by atoms with Crippen molar-refractivity contribution in [3.8, 4) is 0 Å². The zero-order chi connectivity index (χ0) is 12.0. The molecule has 0 fully saturated rings. The Morgan fingerprint density at radius 1 is 1.06 bits per heavy atom. The van der Waals surface area contributed by atoms with Crippen LogP contribution in [0.5, 0.6) is 0 Å². The van der Waals surface area contributed by atoms with Gasteiger partial charge in [-0.1, -0.05) is 24.3 Å². The Kier molecular flexibility index (Phi) is 2.05. The van der Waals surface area contributed by atoms with Gasteiger partial charge in [-0.15, -0.1) is 0 Å². The molecule has 2 heteroatoms. The molecule has 0 atom stereocenters. The Morgan fingerprint density at radius 3 is 2.35 bits per heavy atom. The van der Waals surface area contributed by atoms with Gasteiger partial charge in [0.05, 0.1) is 5.56 Å². The summed E-state index contributed by atoms with van der Waals surface area (Å²) in [5.74, 6) is 0. The lowest BCUT2D eigenvalue weighted by molar-refractivity contribution is 0.112. The first-order chi connectivity index (χ1) is 8.24. The average molecular weight is 224 g/mol. The van der Waals surface area contributed by atoms with Gasteiger partial charge in [0.25, 0.3) is 0 Å². The lowest BCUT2D eigenvalue weighted by atomic mass is 9.96. The maximum atomic E-state index is 11.0. The van der Waals surface area contributed by atoms with Gasteiger partial charge in [-0.25, -0.2) is 0 Å². The van der Waals surface area contributed by atoms with Crippen LogP contribution in [-0.4, -0.2) is 6.29 Å². The second kappa shape index (κ2) is 3.45. The summed E-state index contributed by atoms with van der Waals surface area (Å²) in [4.78, 5) is 11.0. The number of furan rings is 1. The maximum absolute atomic E-state index is 11.0. The molecule has 2 aromatic carbocycles. The molecule has 0 spiro atoms. The minimum atomic E-state index is 0.631. The van der Waals surface area contributed by atoms with Gasteiger partial charge >= 0.3 is 0 Å². The molecule has 0 saturated carbocycles. The fourth-order valence-corrected chi connectivity index (χ4v) is 2.51. The summed E-state index contributed by atoms with van der Waals surface area (Å²) in [5, 5.41) is 3.31. The van der Waals surface area contributed by atoms with Crippen molar-refractivity contribution in [2.45, 2.75) is 13.8 Å². The van der Waals surface area contributed by atoms with Gasteiger partial charge in [0.2, 0.25) is 0 Å². The van der Waals surface area contributed by atoms with Gasteiger partial charge in [-0.05, 0) is 30.2 Å². The molecule has 0 N–H and O–H groups in total. The summed E-state index contributed by atoms with van der Waals surface area (Å²) in [7, 11) is 0. The van der Waals surface area contributed by atoms with Crippen molar-refractivity contribution in [2.24, 2.45) is 0 Å². The van der Waals surface area contributed by atoms with Crippen LogP contribution in [0.4, 0.5) is 0 Å². The Hall–Kier alpha value is -2.09. The van der Waals surface area contributed by atoms with Crippen molar-refractivity contribution < 1.29 is 9.21 Å². The highest BCUT2D eigenvalue weighted by Gasteiger charge is 2.14. The summed E-state index contributed by atoms with van der Waals surface area (Å²) in [6.45, 7) is 4.06. The van der Waals surface area contributed by atoms with Gasteiger partial charge in [0.1, 0.15) is 11.8 Å². The fraction of sp³-hybridized carbons (Fsp3) is 0.133. The predicted octanol–water partition coefficient (Wildman–Crippen LogP) is 4.02. The molecule has 0 aliphatic carbocycles. The second-order valence-electron chi connectivity index (χ2n) is 4.31. The third kappa shape index (κ3) is 1.24. The van der Waals surface area contributed by atoms with Gasteiger partial charge < -0.3 is 4.42 Å². The third-order valence-corrected chi connectivity index (χ3v) is 3.40. The Morgan fingerprint density at radius 2 is 1.71 bits per heavy atom. The molecule has 1 heterocycles. The summed E-state index contributed by atoms with van der Waals surface area (Å²) in [6.07, 6.45) is 2.39. The van der Waals surface area contributed by atoms with Crippen LogP contribution in [-0.2, 0) is 0 Å². The normalized spacial score (nSPS) is 11.2. The molecule has 1 aromatic heterocycles. The van der Waals surface area contributed by atoms with E-state index in [4.69, 9.17) is 4.42 Å². The van der Waals surface area contributed by atoms with Crippen molar-refractivity contribution in [3.63, 3.8) is 0 Å². The Labute approximate surface area is 98.8 Å². The largest absolute Gasteiger partial charge is 0.463 e. The summed E-state index contributed by atoms with van der Waals surface area (Å²) >= 11 is 0. The van der Waals surface area contributed by atoms with E-state index in [-0.39, 0.29) is 0 Å². The van der Waals surface area contributed by atoms with Crippen molar-refractivity contribution in [1.29, 1.82) is 0 Å². The van der Waals surface area contributed by atoms with Crippen molar-refractivity contribution >= 4 is 28.0 Å². The molecule has 3 aromatic rings. The first-order valence-corrected chi connectivity index (χ1v) is 5.58. The molecular weight excluding hydrogens is 212 g/mol. The van der Waals surface area contributed by atoms with Gasteiger partial charge in [0.15, 0.2) is 6.29 Å². The molecule has 0 amide bonds. The number of carbonyl (C=O) groups is 1. The molecule has 0 aliphatic heterocycles. The van der Waals surface area contributed by atoms with E-state index in [2.05, 4.69) is 12.1 Å². The SMILES string of the molecule is Cc1c2ccccc2c(C)c2c(C=O)coc12. The van der Waals surface area contributed by atoms with Crippen molar-refractivity contribution in [2.75, 3.05) is 0 Å². The Bertz CT molecular complexity index is 735. The van der Waals surface area contributed by atoms with Crippen LogP contribution < -0.4 is 0 Å². The molecular formula is C15H12O2. The molecule has 84 valence electrons. The van der Waals surface area contributed by atoms with Crippen molar-refractivity contribution in [3.05, 3.63) is 47.2 Å². The highest BCUT2D eigenvalue weighted by Crippen LogP contribution is 2.34. The summed E-state index contributed by atoms with van der Waals surface area (Å²) in [5.41, 5.74) is 3.65. The first kappa shape index (κ1) is 10.1. The number of aryl methyl sites for hydroxylation is 2. The third-order valence-electron chi connectivity index (χ3n) is 3.40. The molecule has 0 unspecified atom stereocenters. The number of carbonyl (C=O) groups excluding carboxylic acids is 1. The zero-order valence-electron chi connectivity index (χ0n) is 9.78. The van der Waals surface area contributed by atoms with Crippen LogP contribution in [0.15, 0.2) is 34.9 Å². The van der Waals surface area contributed by atoms with E-state index >= 15 is 0 Å². The number of benzene rings is 2. The number of fused-ring (bicyclic) bond motifs is 2. The molecule has 0 radical (unpaired) electrons. The minimum Gasteiger partial charge on any atom is -0.463 e. The minimum absolute atomic E-state index is 0.631. The van der Waals surface area contributed by atoms with Crippen LogP contribution in [0.2, 0.25) is 0 Å². The van der Waals surface area contributed by atoms with Crippen LogP contribution in [0, 0.1) is 13.8 Å². The van der Waals surface area contributed by atoms with Crippen molar-refractivity contribution in [1.82, 2.24) is 0 Å². The van der Waals surface area contributed by atoms with E-state index < -0.39 is 0 Å². The molecule has 17 heavy (non-hydrogen) atoms.